The van der Waals surface area contributed by atoms with E-state index in [0.717, 1.165) is 40.1 Å². The number of pyridine rings is 1. The number of aliphatic imine (C=N–C) groups is 1. The Hall–Kier alpha value is -2.60. The topological polar surface area (TPSA) is 41.6 Å². The molecule has 0 saturated carbocycles. The SMILES string of the molecule is CC[C@@H]1CSC2=N[C@@H](c3ccccn3)[C@H](c3ccc(-c4ccc(F)cc4)o3)N21. The van der Waals surface area contributed by atoms with Crippen LogP contribution in [0.1, 0.15) is 36.9 Å². The van der Waals surface area contributed by atoms with E-state index >= 15 is 0 Å². The minimum Gasteiger partial charge on any atom is -0.459 e. The van der Waals surface area contributed by atoms with Crippen molar-refractivity contribution in [3.05, 3.63) is 78.1 Å². The van der Waals surface area contributed by atoms with Gasteiger partial charge in [0.15, 0.2) is 5.17 Å². The zero-order valence-electron chi connectivity index (χ0n) is 15.5. The molecule has 0 unspecified atom stereocenters. The Labute approximate surface area is 167 Å². The van der Waals surface area contributed by atoms with Crippen molar-refractivity contribution in [3.8, 4) is 11.3 Å². The Morgan fingerprint density at radius 3 is 2.75 bits per heavy atom. The van der Waals surface area contributed by atoms with Crippen LogP contribution in [0.15, 0.2) is 70.2 Å². The Balaban J connectivity index is 1.55. The van der Waals surface area contributed by atoms with Crippen molar-refractivity contribution in [1.29, 1.82) is 0 Å². The van der Waals surface area contributed by atoms with Crippen LogP contribution >= 0.6 is 11.8 Å². The number of nitrogens with zero attached hydrogens (tertiary/aromatic N) is 3. The number of aromatic nitrogens is 1. The monoisotopic (exact) mass is 393 g/mol. The third-order valence-corrected chi connectivity index (χ3v) is 6.50. The van der Waals surface area contributed by atoms with Gasteiger partial charge in [0.1, 0.15) is 29.4 Å². The lowest BCUT2D eigenvalue weighted by molar-refractivity contribution is 0.226. The highest BCUT2D eigenvalue weighted by Gasteiger charge is 2.46. The van der Waals surface area contributed by atoms with Crippen molar-refractivity contribution >= 4 is 16.9 Å². The molecule has 1 saturated heterocycles. The van der Waals surface area contributed by atoms with Crippen LogP contribution in [0.4, 0.5) is 4.39 Å². The molecule has 0 spiro atoms. The molecule has 2 aliphatic rings. The van der Waals surface area contributed by atoms with Gasteiger partial charge in [-0.2, -0.15) is 0 Å². The van der Waals surface area contributed by atoms with E-state index in [1.54, 1.807) is 12.1 Å². The molecule has 5 rings (SSSR count). The molecule has 142 valence electrons. The van der Waals surface area contributed by atoms with Gasteiger partial charge < -0.3 is 9.32 Å². The minimum absolute atomic E-state index is 0.0148. The third kappa shape index (κ3) is 2.92. The second kappa shape index (κ2) is 7.09. The number of thioether (sulfide) groups is 1. The molecule has 4 nitrogen and oxygen atoms in total. The van der Waals surface area contributed by atoms with Gasteiger partial charge in [0.25, 0.3) is 0 Å². The molecule has 4 heterocycles. The largest absolute Gasteiger partial charge is 0.459 e. The molecule has 2 aromatic heterocycles. The van der Waals surface area contributed by atoms with Crippen LogP contribution in [0, 0.1) is 5.82 Å². The average Bonchev–Trinajstić information content (AvgIpc) is 3.44. The highest BCUT2D eigenvalue weighted by molar-refractivity contribution is 8.14. The number of hydrogen-bond acceptors (Lipinski definition) is 5. The number of fused-ring (bicyclic) bond motifs is 1. The standard InChI is InChI=1S/C22H20FN3OS/c1-2-16-13-28-22-25-20(17-5-3-4-12-24-17)21(26(16)22)19-11-10-18(27-19)14-6-8-15(23)9-7-14/h3-12,16,20-21H,2,13H2,1H3/t16-,20+,21+/m1/s1. The molecule has 1 fully saturated rings. The van der Waals surface area contributed by atoms with Crippen molar-refractivity contribution in [2.45, 2.75) is 31.5 Å². The smallest absolute Gasteiger partial charge is 0.161 e. The molecular weight excluding hydrogens is 373 g/mol. The molecule has 3 atom stereocenters. The van der Waals surface area contributed by atoms with Crippen LogP contribution in [-0.2, 0) is 0 Å². The first-order valence-corrected chi connectivity index (χ1v) is 10.5. The van der Waals surface area contributed by atoms with Gasteiger partial charge in [0.2, 0.25) is 0 Å². The van der Waals surface area contributed by atoms with Gasteiger partial charge in [0.05, 0.1) is 5.69 Å². The molecule has 1 aromatic carbocycles. The third-order valence-electron chi connectivity index (χ3n) is 5.38. The maximum Gasteiger partial charge on any atom is 0.161 e. The average molecular weight is 393 g/mol. The van der Waals surface area contributed by atoms with Gasteiger partial charge in [-0.05, 0) is 55.0 Å². The van der Waals surface area contributed by atoms with E-state index in [1.807, 2.05) is 48.3 Å². The van der Waals surface area contributed by atoms with E-state index in [9.17, 15) is 4.39 Å². The summed E-state index contributed by atoms with van der Waals surface area (Å²) < 4.78 is 19.5. The van der Waals surface area contributed by atoms with Crippen molar-refractivity contribution in [3.63, 3.8) is 0 Å². The number of hydrogen-bond donors (Lipinski definition) is 0. The van der Waals surface area contributed by atoms with E-state index in [4.69, 9.17) is 9.41 Å². The van der Waals surface area contributed by atoms with E-state index < -0.39 is 0 Å². The lowest BCUT2D eigenvalue weighted by atomic mass is 10.0. The van der Waals surface area contributed by atoms with Crippen molar-refractivity contribution < 1.29 is 8.81 Å². The molecule has 28 heavy (non-hydrogen) atoms. The molecule has 0 radical (unpaired) electrons. The molecule has 3 aromatic rings. The maximum absolute atomic E-state index is 13.3. The lowest BCUT2D eigenvalue weighted by Crippen LogP contribution is -2.35. The van der Waals surface area contributed by atoms with Crippen LogP contribution in [0.25, 0.3) is 11.3 Å². The van der Waals surface area contributed by atoms with Crippen LogP contribution < -0.4 is 0 Å². The zero-order chi connectivity index (χ0) is 19.1. The Bertz CT molecular complexity index is 1000. The summed E-state index contributed by atoms with van der Waals surface area (Å²) in [6.45, 7) is 2.21. The first-order chi connectivity index (χ1) is 13.7. The Morgan fingerprint density at radius 2 is 2.00 bits per heavy atom. The van der Waals surface area contributed by atoms with Gasteiger partial charge in [0, 0.05) is 23.6 Å². The van der Waals surface area contributed by atoms with Gasteiger partial charge in [-0.1, -0.05) is 24.8 Å². The normalized spacial score (nSPS) is 23.7. The summed E-state index contributed by atoms with van der Waals surface area (Å²) in [5.41, 5.74) is 1.81. The summed E-state index contributed by atoms with van der Waals surface area (Å²) in [6, 6.07) is 16.6. The van der Waals surface area contributed by atoms with Gasteiger partial charge >= 0.3 is 0 Å². The van der Waals surface area contributed by atoms with Crippen LogP contribution in [0.2, 0.25) is 0 Å². The highest BCUT2D eigenvalue weighted by Crippen LogP contribution is 2.49. The number of amidine groups is 1. The molecule has 0 aliphatic carbocycles. The minimum atomic E-state index is -0.251. The first-order valence-electron chi connectivity index (χ1n) is 9.50. The predicted octanol–water partition coefficient (Wildman–Crippen LogP) is 5.46. The Morgan fingerprint density at radius 1 is 1.14 bits per heavy atom. The Kier molecular flexibility index (Phi) is 4.43. The van der Waals surface area contributed by atoms with E-state index in [1.165, 1.54) is 12.1 Å². The predicted molar refractivity (Wildman–Crippen MR) is 110 cm³/mol. The van der Waals surface area contributed by atoms with Crippen LogP contribution in [0.5, 0.6) is 0 Å². The summed E-state index contributed by atoms with van der Waals surface area (Å²) in [6.07, 6.45) is 2.87. The number of furan rings is 1. The van der Waals surface area contributed by atoms with Gasteiger partial charge in [-0.15, -0.1) is 0 Å². The lowest BCUT2D eigenvalue weighted by Gasteiger charge is -2.30. The molecular formula is C22H20FN3OS. The molecule has 0 N–H and O–H groups in total. The van der Waals surface area contributed by atoms with Crippen LogP contribution in [-0.4, -0.2) is 26.8 Å². The van der Waals surface area contributed by atoms with Crippen LogP contribution in [0.3, 0.4) is 0 Å². The van der Waals surface area contributed by atoms with Gasteiger partial charge in [-0.25, -0.2) is 9.38 Å². The van der Waals surface area contributed by atoms with Crippen molar-refractivity contribution in [2.24, 2.45) is 4.99 Å². The second-order valence-corrected chi connectivity index (χ2v) is 8.03. The van der Waals surface area contributed by atoms with E-state index in [2.05, 4.69) is 16.8 Å². The highest BCUT2D eigenvalue weighted by atomic mass is 32.2. The fourth-order valence-electron chi connectivity index (χ4n) is 3.94. The van der Waals surface area contributed by atoms with E-state index in [-0.39, 0.29) is 17.9 Å². The maximum atomic E-state index is 13.3. The van der Waals surface area contributed by atoms with E-state index in [0.29, 0.717) is 6.04 Å². The molecule has 0 bridgehead atoms. The van der Waals surface area contributed by atoms with Crippen molar-refractivity contribution in [2.75, 3.05) is 5.75 Å². The summed E-state index contributed by atoms with van der Waals surface area (Å²) >= 11 is 1.81. The molecule has 6 heteroatoms. The summed E-state index contributed by atoms with van der Waals surface area (Å²) in [4.78, 5) is 12.0. The fourth-order valence-corrected chi connectivity index (χ4v) is 5.28. The first kappa shape index (κ1) is 17.5. The summed E-state index contributed by atoms with van der Waals surface area (Å²) in [5.74, 6) is 2.41. The molecule has 2 aliphatic heterocycles. The number of benzene rings is 1. The summed E-state index contributed by atoms with van der Waals surface area (Å²) in [7, 11) is 0. The second-order valence-electron chi connectivity index (χ2n) is 7.05. The van der Waals surface area contributed by atoms with Crippen molar-refractivity contribution in [1.82, 2.24) is 9.88 Å². The zero-order valence-corrected chi connectivity index (χ0v) is 16.3. The summed E-state index contributed by atoms with van der Waals surface area (Å²) in [5, 5.41) is 1.08. The fraction of sp³-hybridized carbons (Fsp3) is 0.273. The number of halogens is 1. The van der Waals surface area contributed by atoms with Gasteiger partial charge in [-0.3, -0.25) is 4.98 Å². The number of rotatable bonds is 4. The quantitative estimate of drug-likeness (QED) is 0.590. The molecule has 0 amide bonds.